The number of amides is 2. The van der Waals surface area contributed by atoms with Crippen molar-refractivity contribution < 1.29 is 18.5 Å². The van der Waals surface area contributed by atoms with Gasteiger partial charge in [-0.15, -0.1) is 0 Å². The number of furan rings is 1. The van der Waals surface area contributed by atoms with Crippen molar-refractivity contribution in [2.75, 3.05) is 11.9 Å². The van der Waals surface area contributed by atoms with Gasteiger partial charge in [0, 0.05) is 23.9 Å². The average molecular weight is 386 g/mol. The average Bonchev–Trinajstić information content (AvgIpc) is 3.31. The monoisotopic (exact) mass is 386 g/mol. The second-order valence-corrected chi connectivity index (χ2v) is 7.55. The first-order valence-corrected chi connectivity index (χ1v) is 9.32. The number of rotatable bonds is 3. The van der Waals surface area contributed by atoms with E-state index in [4.69, 9.17) is 8.94 Å². The van der Waals surface area contributed by atoms with Gasteiger partial charge >= 0.3 is 0 Å². The standard InChI is InChI=1S/C18H18N4O4S/c1-9-6-12(11(3)25-9)17(24)22-5-4-13-15(8-22)27-18(19-13)20-16(23)14-7-10(2)26-21-14/h6-7H,4-5,8H2,1-3H3,(H,19,20,23). The molecule has 1 aliphatic heterocycles. The lowest BCUT2D eigenvalue weighted by atomic mass is 10.1. The van der Waals surface area contributed by atoms with Gasteiger partial charge in [0.15, 0.2) is 10.8 Å². The first-order chi connectivity index (χ1) is 12.9. The van der Waals surface area contributed by atoms with E-state index in [1.54, 1.807) is 30.9 Å². The van der Waals surface area contributed by atoms with Crippen molar-refractivity contribution in [3.63, 3.8) is 0 Å². The lowest BCUT2D eigenvalue weighted by molar-refractivity contribution is 0.0734. The van der Waals surface area contributed by atoms with E-state index in [9.17, 15) is 9.59 Å². The summed E-state index contributed by atoms with van der Waals surface area (Å²) in [4.78, 5) is 32.2. The maximum Gasteiger partial charge on any atom is 0.279 e. The number of nitrogens with zero attached hydrogens (tertiary/aromatic N) is 3. The van der Waals surface area contributed by atoms with Gasteiger partial charge < -0.3 is 13.8 Å². The number of aromatic nitrogens is 2. The predicted molar refractivity (Wildman–Crippen MR) is 97.9 cm³/mol. The zero-order valence-corrected chi connectivity index (χ0v) is 16.0. The van der Waals surface area contributed by atoms with Crippen molar-refractivity contribution >= 4 is 28.3 Å². The molecule has 4 heterocycles. The predicted octanol–water partition coefficient (Wildman–Crippen LogP) is 3.10. The molecular formula is C18H18N4O4S. The Morgan fingerprint density at radius 2 is 2.04 bits per heavy atom. The van der Waals surface area contributed by atoms with Gasteiger partial charge in [-0.05, 0) is 26.8 Å². The van der Waals surface area contributed by atoms with Crippen molar-refractivity contribution in [3.8, 4) is 0 Å². The van der Waals surface area contributed by atoms with Crippen LogP contribution in [0.4, 0.5) is 5.13 Å². The number of fused-ring (bicyclic) bond motifs is 1. The summed E-state index contributed by atoms with van der Waals surface area (Å²) in [6.45, 7) is 6.39. The van der Waals surface area contributed by atoms with Crippen LogP contribution in [0.25, 0.3) is 0 Å². The minimum atomic E-state index is -0.365. The van der Waals surface area contributed by atoms with Crippen molar-refractivity contribution in [2.24, 2.45) is 0 Å². The van der Waals surface area contributed by atoms with Crippen LogP contribution >= 0.6 is 11.3 Å². The minimum absolute atomic E-state index is 0.0490. The van der Waals surface area contributed by atoms with Crippen LogP contribution in [-0.4, -0.2) is 33.4 Å². The fourth-order valence-corrected chi connectivity index (χ4v) is 4.09. The van der Waals surface area contributed by atoms with Crippen LogP contribution in [0.2, 0.25) is 0 Å². The van der Waals surface area contributed by atoms with Crippen LogP contribution in [0.5, 0.6) is 0 Å². The van der Waals surface area contributed by atoms with Gasteiger partial charge in [0.2, 0.25) is 0 Å². The number of aryl methyl sites for hydroxylation is 3. The number of nitrogens with one attached hydrogen (secondary N) is 1. The van der Waals surface area contributed by atoms with E-state index in [2.05, 4.69) is 15.5 Å². The molecule has 0 unspecified atom stereocenters. The Kier molecular flexibility index (Phi) is 4.31. The van der Waals surface area contributed by atoms with Gasteiger partial charge in [-0.25, -0.2) is 4.98 Å². The summed E-state index contributed by atoms with van der Waals surface area (Å²) in [6.07, 6.45) is 0.645. The molecule has 1 aliphatic rings. The summed E-state index contributed by atoms with van der Waals surface area (Å²) in [7, 11) is 0. The highest BCUT2D eigenvalue weighted by molar-refractivity contribution is 7.15. The van der Waals surface area contributed by atoms with E-state index < -0.39 is 0 Å². The lowest BCUT2D eigenvalue weighted by Crippen LogP contribution is -2.35. The highest BCUT2D eigenvalue weighted by atomic mass is 32.1. The van der Waals surface area contributed by atoms with Crippen molar-refractivity contribution in [3.05, 3.63) is 51.2 Å². The van der Waals surface area contributed by atoms with E-state index in [0.29, 0.717) is 41.7 Å². The van der Waals surface area contributed by atoms with Crippen molar-refractivity contribution in [2.45, 2.75) is 33.7 Å². The molecular weight excluding hydrogens is 368 g/mol. The SMILES string of the molecule is Cc1cc(C(=O)Nc2nc3c(s2)CN(C(=O)c2cc(C)oc2C)CC3)no1. The number of hydrogen-bond donors (Lipinski definition) is 1. The highest BCUT2D eigenvalue weighted by Gasteiger charge is 2.27. The van der Waals surface area contributed by atoms with Crippen LogP contribution in [-0.2, 0) is 13.0 Å². The normalized spacial score (nSPS) is 13.5. The summed E-state index contributed by atoms with van der Waals surface area (Å²) in [5.74, 6) is 1.50. The maximum atomic E-state index is 12.8. The summed E-state index contributed by atoms with van der Waals surface area (Å²) in [5, 5.41) is 6.94. The number of thiazole rings is 1. The topological polar surface area (TPSA) is 101 Å². The molecule has 0 aromatic carbocycles. The molecule has 4 rings (SSSR count). The maximum absolute atomic E-state index is 12.8. The summed E-state index contributed by atoms with van der Waals surface area (Å²) >= 11 is 1.37. The lowest BCUT2D eigenvalue weighted by Gasteiger charge is -2.25. The smallest absolute Gasteiger partial charge is 0.279 e. The molecule has 0 saturated carbocycles. The molecule has 0 bridgehead atoms. The molecule has 0 saturated heterocycles. The van der Waals surface area contributed by atoms with Gasteiger partial charge in [-0.2, -0.15) is 0 Å². The van der Waals surface area contributed by atoms with Gasteiger partial charge in [-0.1, -0.05) is 16.5 Å². The fourth-order valence-electron chi connectivity index (χ4n) is 3.07. The third-order valence-electron chi connectivity index (χ3n) is 4.37. The molecule has 0 radical (unpaired) electrons. The molecule has 0 aliphatic carbocycles. The molecule has 1 N–H and O–H groups in total. The zero-order chi connectivity index (χ0) is 19.1. The second-order valence-electron chi connectivity index (χ2n) is 6.47. The van der Waals surface area contributed by atoms with E-state index >= 15 is 0 Å². The molecule has 0 atom stereocenters. The van der Waals surface area contributed by atoms with Crippen molar-refractivity contribution in [1.82, 2.24) is 15.0 Å². The minimum Gasteiger partial charge on any atom is -0.466 e. The number of carbonyl (C=O) groups excluding carboxylic acids is 2. The Morgan fingerprint density at radius 1 is 1.22 bits per heavy atom. The van der Waals surface area contributed by atoms with Crippen LogP contribution < -0.4 is 5.32 Å². The molecule has 0 fully saturated rings. The van der Waals surface area contributed by atoms with Crippen LogP contribution in [0.1, 0.15) is 48.7 Å². The molecule has 3 aromatic heterocycles. The quantitative estimate of drug-likeness (QED) is 0.742. The molecule has 2 amide bonds. The van der Waals surface area contributed by atoms with E-state index in [1.807, 2.05) is 6.92 Å². The van der Waals surface area contributed by atoms with Crippen LogP contribution in [0.3, 0.4) is 0 Å². The summed E-state index contributed by atoms with van der Waals surface area (Å²) in [5.41, 5.74) is 1.72. The zero-order valence-electron chi connectivity index (χ0n) is 15.2. The Labute approximate surface area is 159 Å². The summed E-state index contributed by atoms with van der Waals surface area (Å²) < 4.78 is 10.4. The fraction of sp³-hybridized carbons (Fsp3) is 0.333. The van der Waals surface area contributed by atoms with E-state index in [1.165, 1.54) is 11.3 Å². The Hall–Kier alpha value is -2.94. The van der Waals surface area contributed by atoms with Gasteiger partial charge in [0.25, 0.3) is 11.8 Å². The largest absolute Gasteiger partial charge is 0.466 e. The first kappa shape index (κ1) is 17.5. The first-order valence-electron chi connectivity index (χ1n) is 8.50. The van der Waals surface area contributed by atoms with Crippen molar-refractivity contribution in [1.29, 1.82) is 0 Å². The molecule has 9 heteroatoms. The molecule has 8 nitrogen and oxygen atoms in total. The second kappa shape index (κ2) is 6.66. The third-order valence-corrected chi connectivity index (χ3v) is 5.37. The van der Waals surface area contributed by atoms with Gasteiger partial charge in [0.1, 0.15) is 17.3 Å². The van der Waals surface area contributed by atoms with E-state index in [-0.39, 0.29) is 17.5 Å². The third kappa shape index (κ3) is 3.37. The van der Waals surface area contributed by atoms with Gasteiger partial charge in [0.05, 0.1) is 17.8 Å². The van der Waals surface area contributed by atoms with E-state index in [0.717, 1.165) is 16.3 Å². The summed E-state index contributed by atoms with van der Waals surface area (Å²) in [6, 6.07) is 3.34. The van der Waals surface area contributed by atoms with Crippen LogP contribution in [0.15, 0.2) is 21.1 Å². The van der Waals surface area contributed by atoms with Gasteiger partial charge in [-0.3, -0.25) is 14.9 Å². The number of carbonyl (C=O) groups is 2. The number of hydrogen-bond acceptors (Lipinski definition) is 7. The van der Waals surface area contributed by atoms with Crippen LogP contribution in [0, 0.1) is 20.8 Å². The molecule has 27 heavy (non-hydrogen) atoms. The number of anilines is 1. The Balaban J connectivity index is 1.48. The Morgan fingerprint density at radius 3 is 2.70 bits per heavy atom. The molecule has 3 aromatic rings. The highest BCUT2D eigenvalue weighted by Crippen LogP contribution is 2.30. The molecule has 0 spiro atoms. The molecule has 140 valence electrons. The Bertz CT molecular complexity index is 1030.